The number of ether oxygens (including phenoxy) is 1. The standard InChI is InChI=1S/C18H28N2O/c1-3-21-13-15-7-5-4-6-14(15)12-19-16-10-17-8-9-18(11-16)20(17)2/h4-7,16-19H,3,8-13H2,1-2H3. The molecule has 3 heteroatoms. The van der Waals surface area contributed by atoms with Crippen LogP contribution >= 0.6 is 0 Å². The van der Waals surface area contributed by atoms with Crippen LogP contribution in [0.1, 0.15) is 43.7 Å². The zero-order valence-corrected chi connectivity index (χ0v) is 13.3. The van der Waals surface area contributed by atoms with Crippen LogP contribution in [0.2, 0.25) is 0 Å². The number of hydrogen-bond acceptors (Lipinski definition) is 3. The Labute approximate surface area is 128 Å². The molecule has 2 unspecified atom stereocenters. The third-order valence-corrected chi connectivity index (χ3v) is 5.26. The van der Waals surface area contributed by atoms with Gasteiger partial charge in [-0.25, -0.2) is 0 Å². The maximum absolute atomic E-state index is 5.58. The van der Waals surface area contributed by atoms with Crippen LogP contribution in [0.4, 0.5) is 0 Å². The number of nitrogens with one attached hydrogen (secondary N) is 1. The van der Waals surface area contributed by atoms with Crippen molar-refractivity contribution in [2.24, 2.45) is 0 Å². The molecule has 2 heterocycles. The molecule has 0 aliphatic carbocycles. The van der Waals surface area contributed by atoms with E-state index in [0.717, 1.165) is 31.8 Å². The first-order valence-corrected chi connectivity index (χ1v) is 8.37. The van der Waals surface area contributed by atoms with Gasteiger partial charge in [0.25, 0.3) is 0 Å². The molecule has 0 saturated carbocycles. The highest BCUT2D eigenvalue weighted by atomic mass is 16.5. The lowest BCUT2D eigenvalue weighted by Gasteiger charge is -2.36. The average molecular weight is 288 g/mol. The van der Waals surface area contributed by atoms with Crippen molar-refractivity contribution in [2.75, 3.05) is 13.7 Å². The fraction of sp³-hybridized carbons (Fsp3) is 0.667. The van der Waals surface area contributed by atoms with Gasteiger partial charge in [0.15, 0.2) is 0 Å². The molecule has 1 aromatic rings. The summed E-state index contributed by atoms with van der Waals surface area (Å²) in [4.78, 5) is 2.60. The van der Waals surface area contributed by atoms with E-state index >= 15 is 0 Å². The number of piperidine rings is 1. The van der Waals surface area contributed by atoms with Crippen molar-refractivity contribution in [1.82, 2.24) is 10.2 Å². The molecule has 2 aliphatic heterocycles. The Kier molecular flexibility index (Phi) is 4.94. The number of benzene rings is 1. The smallest absolute Gasteiger partial charge is 0.0719 e. The Morgan fingerprint density at radius 1 is 1.14 bits per heavy atom. The van der Waals surface area contributed by atoms with Gasteiger partial charge in [-0.05, 0) is 50.8 Å². The van der Waals surface area contributed by atoms with E-state index in [4.69, 9.17) is 4.74 Å². The molecule has 2 fully saturated rings. The summed E-state index contributed by atoms with van der Waals surface area (Å²) in [6, 6.07) is 10.9. The van der Waals surface area contributed by atoms with Gasteiger partial charge in [-0.1, -0.05) is 24.3 Å². The Balaban J connectivity index is 1.56. The van der Waals surface area contributed by atoms with Gasteiger partial charge in [-0.3, -0.25) is 0 Å². The lowest BCUT2D eigenvalue weighted by molar-refractivity contribution is 0.132. The van der Waals surface area contributed by atoms with Gasteiger partial charge in [0.1, 0.15) is 0 Å². The van der Waals surface area contributed by atoms with Crippen molar-refractivity contribution in [1.29, 1.82) is 0 Å². The molecule has 1 N–H and O–H groups in total. The highest BCUT2D eigenvalue weighted by molar-refractivity contribution is 5.26. The number of hydrogen-bond donors (Lipinski definition) is 1. The van der Waals surface area contributed by atoms with Gasteiger partial charge in [-0.2, -0.15) is 0 Å². The minimum atomic E-state index is 0.679. The Bertz CT molecular complexity index is 448. The van der Waals surface area contributed by atoms with Gasteiger partial charge in [0, 0.05) is 31.3 Å². The Morgan fingerprint density at radius 3 is 2.48 bits per heavy atom. The van der Waals surface area contributed by atoms with E-state index in [1.54, 1.807) is 0 Å². The molecule has 0 amide bonds. The molecule has 0 radical (unpaired) electrons. The van der Waals surface area contributed by atoms with E-state index in [1.165, 1.54) is 36.8 Å². The molecule has 116 valence electrons. The largest absolute Gasteiger partial charge is 0.377 e. The first-order valence-electron chi connectivity index (χ1n) is 8.37. The Morgan fingerprint density at radius 2 is 1.81 bits per heavy atom. The minimum absolute atomic E-state index is 0.679. The van der Waals surface area contributed by atoms with Crippen molar-refractivity contribution in [2.45, 2.75) is 63.9 Å². The molecular formula is C18H28N2O. The normalized spacial score (nSPS) is 29.0. The molecule has 2 aliphatic rings. The summed E-state index contributed by atoms with van der Waals surface area (Å²) in [5.74, 6) is 0. The first kappa shape index (κ1) is 15.0. The molecule has 2 bridgehead atoms. The van der Waals surface area contributed by atoms with Crippen LogP contribution in [0.15, 0.2) is 24.3 Å². The first-order chi connectivity index (χ1) is 10.3. The molecule has 2 atom stereocenters. The van der Waals surface area contributed by atoms with E-state index in [0.29, 0.717) is 6.04 Å². The van der Waals surface area contributed by atoms with Crippen molar-refractivity contribution >= 4 is 0 Å². The predicted molar refractivity (Wildman–Crippen MR) is 86.2 cm³/mol. The summed E-state index contributed by atoms with van der Waals surface area (Å²) in [7, 11) is 2.30. The fourth-order valence-corrected chi connectivity index (χ4v) is 3.92. The number of fused-ring (bicyclic) bond motifs is 2. The topological polar surface area (TPSA) is 24.5 Å². The van der Waals surface area contributed by atoms with Gasteiger partial charge in [-0.15, -0.1) is 0 Å². The molecule has 1 aromatic carbocycles. The summed E-state index contributed by atoms with van der Waals surface area (Å²) in [5, 5.41) is 3.79. The van der Waals surface area contributed by atoms with Crippen LogP contribution in [0.25, 0.3) is 0 Å². The lowest BCUT2D eigenvalue weighted by Crippen LogP contribution is -2.47. The maximum Gasteiger partial charge on any atom is 0.0719 e. The van der Waals surface area contributed by atoms with E-state index in [2.05, 4.69) is 48.5 Å². The quantitative estimate of drug-likeness (QED) is 0.871. The fourth-order valence-electron chi connectivity index (χ4n) is 3.92. The maximum atomic E-state index is 5.58. The van der Waals surface area contributed by atoms with E-state index in [9.17, 15) is 0 Å². The molecular weight excluding hydrogens is 260 g/mol. The second-order valence-corrected chi connectivity index (χ2v) is 6.51. The van der Waals surface area contributed by atoms with Gasteiger partial charge < -0.3 is 15.0 Å². The van der Waals surface area contributed by atoms with E-state index in [-0.39, 0.29) is 0 Å². The van der Waals surface area contributed by atoms with Gasteiger partial charge >= 0.3 is 0 Å². The molecule has 3 rings (SSSR count). The second kappa shape index (κ2) is 6.91. The monoisotopic (exact) mass is 288 g/mol. The molecule has 0 spiro atoms. The van der Waals surface area contributed by atoms with Crippen LogP contribution in [0, 0.1) is 0 Å². The molecule has 2 saturated heterocycles. The number of nitrogens with zero attached hydrogens (tertiary/aromatic N) is 1. The van der Waals surface area contributed by atoms with Crippen LogP contribution in [-0.2, 0) is 17.9 Å². The average Bonchev–Trinajstić information content (AvgIpc) is 2.74. The highest BCUT2D eigenvalue weighted by Gasteiger charge is 2.38. The van der Waals surface area contributed by atoms with E-state index in [1.807, 2.05) is 0 Å². The summed E-state index contributed by atoms with van der Waals surface area (Å²) in [6.45, 7) is 4.53. The lowest BCUT2D eigenvalue weighted by atomic mass is 9.97. The van der Waals surface area contributed by atoms with Crippen molar-refractivity contribution in [3.05, 3.63) is 35.4 Å². The van der Waals surface area contributed by atoms with Gasteiger partial charge in [0.2, 0.25) is 0 Å². The van der Waals surface area contributed by atoms with Crippen molar-refractivity contribution < 1.29 is 4.74 Å². The zero-order valence-electron chi connectivity index (χ0n) is 13.3. The second-order valence-electron chi connectivity index (χ2n) is 6.51. The molecule has 3 nitrogen and oxygen atoms in total. The van der Waals surface area contributed by atoms with Crippen LogP contribution < -0.4 is 5.32 Å². The highest BCUT2D eigenvalue weighted by Crippen LogP contribution is 2.34. The summed E-state index contributed by atoms with van der Waals surface area (Å²) in [6.07, 6.45) is 5.39. The van der Waals surface area contributed by atoms with Gasteiger partial charge in [0.05, 0.1) is 6.61 Å². The van der Waals surface area contributed by atoms with Crippen LogP contribution in [0.3, 0.4) is 0 Å². The van der Waals surface area contributed by atoms with Crippen molar-refractivity contribution in [3.8, 4) is 0 Å². The summed E-state index contributed by atoms with van der Waals surface area (Å²) in [5.41, 5.74) is 2.71. The Hall–Kier alpha value is -0.900. The molecule has 0 aromatic heterocycles. The zero-order chi connectivity index (χ0) is 14.7. The molecule has 21 heavy (non-hydrogen) atoms. The number of rotatable bonds is 6. The van der Waals surface area contributed by atoms with Crippen molar-refractivity contribution in [3.63, 3.8) is 0 Å². The predicted octanol–water partition coefficient (Wildman–Crippen LogP) is 2.94. The van der Waals surface area contributed by atoms with Crippen LogP contribution in [-0.4, -0.2) is 36.7 Å². The third kappa shape index (κ3) is 3.47. The summed E-state index contributed by atoms with van der Waals surface area (Å²) >= 11 is 0. The third-order valence-electron chi connectivity index (χ3n) is 5.26. The minimum Gasteiger partial charge on any atom is -0.377 e. The SMILES string of the molecule is CCOCc1ccccc1CNC1CC2CCC(C1)N2C. The van der Waals surface area contributed by atoms with E-state index < -0.39 is 0 Å². The van der Waals surface area contributed by atoms with Crippen LogP contribution in [0.5, 0.6) is 0 Å². The summed E-state index contributed by atoms with van der Waals surface area (Å²) < 4.78 is 5.58.